The molecule has 2 rings (SSSR count). The van der Waals surface area contributed by atoms with Gasteiger partial charge in [0.2, 0.25) is 11.2 Å². The smallest absolute Gasteiger partial charge is 0.322 e. The zero-order chi connectivity index (χ0) is 13.8. The lowest BCUT2D eigenvalue weighted by Crippen LogP contribution is -2.05. The average Bonchev–Trinajstić information content (AvgIpc) is 2.35. The summed E-state index contributed by atoms with van der Waals surface area (Å²) in [4.78, 5) is 11.3. The third-order valence-electron chi connectivity index (χ3n) is 2.06. The molecule has 8 heteroatoms. The number of hydrogen-bond acceptors (Lipinski definition) is 5. The molecule has 0 aliphatic rings. The SMILES string of the molecule is CCOc1nc(Cl)nc(Nc2cccc(F)c2F)n1. The summed E-state index contributed by atoms with van der Waals surface area (Å²) in [5.41, 5.74) is -0.107. The van der Waals surface area contributed by atoms with E-state index in [-0.39, 0.29) is 22.9 Å². The van der Waals surface area contributed by atoms with Gasteiger partial charge in [0, 0.05) is 0 Å². The number of anilines is 2. The Hall–Kier alpha value is -2.02. The van der Waals surface area contributed by atoms with Crippen molar-refractivity contribution < 1.29 is 13.5 Å². The first kappa shape index (κ1) is 13.4. The van der Waals surface area contributed by atoms with Crippen LogP contribution in [0.3, 0.4) is 0 Å². The molecule has 0 saturated heterocycles. The highest BCUT2D eigenvalue weighted by atomic mass is 35.5. The predicted octanol–water partition coefficient (Wildman–Crippen LogP) is 2.95. The van der Waals surface area contributed by atoms with Crippen molar-refractivity contribution in [3.8, 4) is 6.01 Å². The van der Waals surface area contributed by atoms with Crippen LogP contribution < -0.4 is 10.1 Å². The maximum absolute atomic E-state index is 13.5. The van der Waals surface area contributed by atoms with Gasteiger partial charge in [-0.15, -0.1) is 0 Å². The van der Waals surface area contributed by atoms with Crippen molar-refractivity contribution in [2.24, 2.45) is 0 Å². The van der Waals surface area contributed by atoms with Gasteiger partial charge in [-0.2, -0.15) is 15.0 Å². The van der Waals surface area contributed by atoms with E-state index in [1.54, 1.807) is 6.92 Å². The largest absolute Gasteiger partial charge is 0.464 e. The predicted molar refractivity (Wildman–Crippen MR) is 65.6 cm³/mol. The van der Waals surface area contributed by atoms with Gasteiger partial charge in [-0.1, -0.05) is 6.07 Å². The van der Waals surface area contributed by atoms with E-state index in [9.17, 15) is 8.78 Å². The summed E-state index contributed by atoms with van der Waals surface area (Å²) >= 11 is 5.67. The molecule has 1 aromatic heterocycles. The highest BCUT2D eigenvalue weighted by Crippen LogP contribution is 2.21. The molecule has 1 heterocycles. The Kier molecular flexibility index (Phi) is 4.06. The average molecular weight is 287 g/mol. The molecule has 0 amide bonds. The van der Waals surface area contributed by atoms with E-state index in [0.717, 1.165) is 6.07 Å². The summed E-state index contributed by atoms with van der Waals surface area (Å²) in [5.74, 6) is -2.04. The van der Waals surface area contributed by atoms with Gasteiger partial charge in [0.05, 0.1) is 12.3 Å². The van der Waals surface area contributed by atoms with E-state index in [4.69, 9.17) is 16.3 Å². The lowest BCUT2D eigenvalue weighted by molar-refractivity contribution is 0.312. The molecule has 0 bridgehead atoms. The lowest BCUT2D eigenvalue weighted by Gasteiger charge is -2.07. The fourth-order valence-corrected chi connectivity index (χ4v) is 1.45. The Balaban J connectivity index is 2.30. The second kappa shape index (κ2) is 5.75. The van der Waals surface area contributed by atoms with Crippen LogP contribution in [0.1, 0.15) is 6.92 Å². The summed E-state index contributed by atoms with van der Waals surface area (Å²) in [7, 11) is 0. The molecular weight excluding hydrogens is 278 g/mol. The minimum atomic E-state index is -1.03. The van der Waals surface area contributed by atoms with Crippen LogP contribution in [0.25, 0.3) is 0 Å². The number of rotatable bonds is 4. The van der Waals surface area contributed by atoms with E-state index >= 15 is 0 Å². The van der Waals surface area contributed by atoms with Gasteiger partial charge in [-0.25, -0.2) is 8.78 Å². The van der Waals surface area contributed by atoms with Crippen LogP contribution in [0, 0.1) is 11.6 Å². The van der Waals surface area contributed by atoms with Crippen molar-refractivity contribution in [3.05, 3.63) is 35.1 Å². The first-order chi connectivity index (χ1) is 9.10. The third kappa shape index (κ3) is 3.25. The number of hydrogen-bond donors (Lipinski definition) is 1. The quantitative estimate of drug-likeness (QED) is 0.936. The topological polar surface area (TPSA) is 59.9 Å². The minimum Gasteiger partial charge on any atom is -0.464 e. The second-order valence-corrected chi connectivity index (χ2v) is 3.71. The molecule has 1 N–H and O–H groups in total. The molecule has 0 unspecified atom stereocenters. The first-order valence-corrected chi connectivity index (χ1v) is 5.73. The number of halogens is 3. The third-order valence-corrected chi connectivity index (χ3v) is 2.23. The van der Waals surface area contributed by atoms with Crippen molar-refractivity contribution in [1.29, 1.82) is 0 Å². The Bertz CT molecular complexity index is 597. The van der Waals surface area contributed by atoms with E-state index in [1.807, 2.05) is 0 Å². The highest BCUT2D eigenvalue weighted by Gasteiger charge is 2.11. The molecule has 5 nitrogen and oxygen atoms in total. The lowest BCUT2D eigenvalue weighted by atomic mass is 10.3. The van der Waals surface area contributed by atoms with E-state index < -0.39 is 11.6 Å². The van der Waals surface area contributed by atoms with Crippen molar-refractivity contribution in [1.82, 2.24) is 15.0 Å². The van der Waals surface area contributed by atoms with Gasteiger partial charge in [0.15, 0.2) is 11.6 Å². The van der Waals surface area contributed by atoms with E-state index in [1.165, 1.54) is 12.1 Å². The Labute approximate surface area is 112 Å². The summed E-state index contributed by atoms with van der Waals surface area (Å²) < 4.78 is 31.6. The molecule has 0 aliphatic heterocycles. The molecule has 0 radical (unpaired) electrons. The molecule has 0 saturated carbocycles. The fraction of sp³-hybridized carbons (Fsp3) is 0.182. The van der Waals surface area contributed by atoms with Crippen molar-refractivity contribution >= 4 is 23.2 Å². The molecule has 0 aliphatic carbocycles. The van der Waals surface area contributed by atoms with Gasteiger partial charge in [-0.05, 0) is 30.7 Å². The Morgan fingerprint density at radius 2 is 2.05 bits per heavy atom. The summed E-state index contributed by atoms with van der Waals surface area (Å²) in [6.07, 6.45) is 0. The molecular formula is C11H9ClF2N4O. The minimum absolute atomic E-state index is 0.00168. The second-order valence-electron chi connectivity index (χ2n) is 3.37. The van der Waals surface area contributed by atoms with Crippen molar-refractivity contribution in [2.45, 2.75) is 6.92 Å². The normalized spacial score (nSPS) is 10.3. The highest BCUT2D eigenvalue weighted by molar-refractivity contribution is 6.28. The van der Waals surface area contributed by atoms with E-state index in [2.05, 4.69) is 20.3 Å². The standard InChI is InChI=1S/C11H9ClF2N4O/c1-2-19-11-17-9(12)16-10(18-11)15-7-5-3-4-6(13)8(7)14/h3-5H,2H2,1H3,(H,15,16,17,18). The first-order valence-electron chi connectivity index (χ1n) is 5.35. The fourth-order valence-electron chi connectivity index (χ4n) is 1.30. The summed E-state index contributed by atoms with van der Waals surface area (Å²) in [5, 5.41) is 2.40. The zero-order valence-electron chi connectivity index (χ0n) is 9.82. The maximum Gasteiger partial charge on any atom is 0.322 e. The zero-order valence-corrected chi connectivity index (χ0v) is 10.6. The van der Waals surface area contributed by atoms with Gasteiger partial charge in [-0.3, -0.25) is 0 Å². The van der Waals surface area contributed by atoms with Crippen LogP contribution in [0.15, 0.2) is 18.2 Å². The number of benzene rings is 1. The van der Waals surface area contributed by atoms with Gasteiger partial charge >= 0.3 is 6.01 Å². The molecule has 0 spiro atoms. The number of aromatic nitrogens is 3. The summed E-state index contributed by atoms with van der Waals surface area (Å²) in [6, 6.07) is 3.71. The number of ether oxygens (including phenoxy) is 1. The number of nitrogens with zero attached hydrogens (tertiary/aromatic N) is 3. The van der Waals surface area contributed by atoms with Crippen LogP contribution in [-0.4, -0.2) is 21.6 Å². The molecule has 0 fully saturated rings. The molecule has 100 valence electrons. The molecule has 0 atom stereocenters. The van der Waals surface area contributed by atoms with Crippen LogP contribution in [0.5, 0.6) is 6.01 Å². The van der Waals surface area contributed by atoms with Gasteiger partial charge in [0.25, 0.3) is 0 Å². The molecule has 19 heavy (non-hydrogen) atoms. The maximum atomic E-state index is 13.5. The Morgan fingerprint density at radius 1 is 1.26 bits per heavy atom. The monoisotopic (exact) mass is 286 g/mol. The van der Waals surface area contributed by atoms with Crippen LogP contribution in [-0.2, 0) is 0 Å². The molecule has 1 aromatic carbocycles. The van der Waals surface area contributed by atoms with Crippen LogP contribution >= 0.6 is 11.6 Å². The van der Waals surface area contributed by atoms with Crippen LogP contribution in [0.4, 0.5) is 20.4 Å². The molecule has 2 aromatic rings. The van der Waals surface area contributed by atoms with Gasteiger partial charge < -0.3 is 10.1 Å². The van der Waals surface area contributed by atoms with Crippen molar-refractivity contribution in [2.75, 3.05) is 11.9 Å². The Morgan fingerprint density at radius 3 is 2.79 bits per heavy atom. The van der Waals surface area contributed by atoms with Crippen LogP contribution in [0.2, 0.25) is 5.28 Å². The van der Waals surface area contributed by atoms with Gasteiger partial charge in [0.1, 0.15) is 0 Å². The summed E-state index contributed by atoms with van der Waals surface area (Å²) in [6.45, 7) is 2.09. The van der Waals surface area contributed by atoms with Crippen molar-refractivity contribution in [3.63, 3.8) is 0 Å². The van der Waals surface area contributed by atoms with E-state index in [0.29, 0.717) is 6.61 Å². The number of nitrogens with one attached hydrogen (secondary N) is 1.